The van der Waals surface area contributed by atoms with E-state index >= 15 is 0 Å². The minimum atomic E-state index is -0.138. The molecule has 6 heteroatoms. The summed E-state index contributed by atoms with van der Waals surface area (Å²) in [6, 6.07) is 4.18. The zero-order valence-corrected chi connectivity index (χ0v) is 14.7. The molecule has 1 aliphatic heterocycles. The largest absolute Gasteiger partial charge is 0.474 e. The third kappa shape index (κ3) is 3.80. The van der Waals surface area contributed by atoms with Crippen LogP contribution in [0.4, 0.5) is 0 Å². The van der Waals surface area contributed by atoms with Gasteiger partial charge in [0.2, 0.25) is 11.8 Å². The molecule has 1 aromatic heterocycles. The fourth-order valence-corrected chi connectivity index (χ4v) is 4.42. The van der Waals surface area contributed by atoms with Gasteiger partial charge in [0.05, 0.1) is 0 Å². The summed E-state index contributed by atoms with van der Waals surface area (Å²) < 4.78 is 6.06. The summed E-state index contributed by atoms with van der Waals surface area (Å²) in [6.45, 7) is 0.463. The van der Waals surface area contributed by atoms with E-state index in [9.17, 15) is 4.79 Å². The van der Waals surface area contributed by atoms with E-state index in [1.54, 1.807) is 6.20 Å². The quantitative estimate of drug-likeness (QED) is 0.762. The van der Waals surface area contributed by atoms with Crippen LogP contribution in [0, 0.1) is 5.92 Å². The Morgan fingerprint density at radius 3 is 2.84 bits per heavy atom. The lowest BCUT2D eigenvalue weighted by Crippen LogP contribution is -2.45. The second-order valence-corrected chi connectivity index (χ2v) is 7.53. The average Bonchev–Trinajstić information content (AvgIpc) is 3.30. The molecular formula is C19H28N4O2. The first-order valence-electron chi connectivity index (χ1n) is 9.70. The second-order valence-electron chi connectivity index (χ2n) is 7.53. The van der Waals surface area contributed by atoms with Crippen LogP contribution >= 0.6 is 0 Å². The Hall–Kier alpha value is -1.66. The molecule has 1 aromatic rings. The van der Waals surface area contributed by atoms with E-state index in [-0.39, 0.29) is 18.1 Å². The van der Waals surface area contributed by atoms with E-state index < -0.39 is 0 Å². The molecule has 1 amide bonds. The Morgan fingerprint density at radius 1 is 1.16 bits per heavy atom. The van der Waals surface area contributed by atoms with Crippen molar-refractivity contribution in [3.05, 3.63) is 23.9 Å². The summed E-state index contributed by atoms with van der Waals surface area (Å²) in [5.41, 5.74) is 7.45. The number of carbonyl (C=O) groups excluding carboxylic acids is 1. The Kier molecular flexibility index (Phi) is 5.17. The number of hydrogen-bond acceptors (Lipinski definition) is 5. The minimum Gasteiger partial charge on any atom is -0.474 e. The average molecular weight is 344 g/mol. The van der Waals surface area contributed by atoms with Crippen LogP contribution in [0.2, 0.25) is 0 Å². The van der Waals surface area contributed by atoms with Crippen molar-refractivity contribution in [1.29, 1.82) is 0 Å². The standard InChI is InChI=1S/C19H28N4O2/c24-18(17-15-9-3-4-10-16(15)22-23-17)21-12-13-6-5-11-20-19(13)25-14-7-1-2-8-14/h5-6,11,14-17,22-23H,1-4,7-10,12H2,(H,21,24). The van der Waals surface area contributed by atoms with Crippen molar-refractivity contribution in [1.82, 2.24) is 21.2 Å². The molecule has 0 aromatic carbocycles. The van der Waals surface area contributed by atoms with Crippen molar-refractivity contribution in [2.45, 2.75) is 76.1 Å². The molecule has 25 heavy (non-hydrogen) atoms. The summed E-state index contributed by atoms with van der Waals surface area (Å²) in [6.07, 6.45) is 11.4. The number of amides is 1. The third-order valence-corrected chi connectivity index (χ3v) is 5.84. The van der Waals surface area contributed by atoms with Gasteiger partial charge in [0.1, 0.15) is 12.1 Å². The van der Waals surface area contributed by atoms with Crippen LogP contribution in [0.15, 0.2) is 18.3 Å². The predicted molar refractivity (Wildman–Crippen MR) is 94.8 cm³/mol. The summed E-state index contributed by atoms with van der Waals surface area (Å²) in [7, 11) is 0. The molecule has 1 saturated heterocycles. The molecule has 6 nitrogen and oxygen atoms in total. The summed E-state index contributed by atoms with van der Waals surface area (Å²) >= 11 is 0. The molecule has 3 unspecified atom stereocenters. The van der Waals surface area contributed by atoms with E-state index in [1.807, 2.05) is 12.1 Å². The van der Waals surface area contributed by atoms with Gasteiger partial charge in [-0.2, -0.15) is 0 Å². The molecule has 3 fully saturated rings. The molecule has 3 N–H and O–H groups in total. The lowest BCUT2D eigenvalue weighted by Gasteiger charge is -2.26. The molecule has 136 valence electrons. The highest BCUT2D eigenvalue weighted by Crippen LogP contribution is 2.30. The van der Waals surface area contributed by atoms with Crippen molar-refractivity contribution < 1.29 is 9.53 Å². The minimum absolute atomic E-state index is 0.0672. The number of hydrazine groups is 1. The van der Waals surface area contributed by atoms with Gasteiger partial charge in [-0.25, -0.2) is 10.4 Å². The number of fused-ring (bicyclic) bond motifs is 1. The molecule has 2 aliphatic carbocycles. The van der Waals surface area contributed by atoms with Gasteiger partial charge in [-0.15, -0.1) is 0 Å². The van der Waals surface area contributed by atoms with Gasteiger partial charge in [-0.1, -0.05) is 18.9 Å². The summed E-state index contributed by atoms with van der Waals surface area (Å²) in [5, 5.41) is 3.08. The fourth-order valence-electron chi connectivity index (χ4n) is 4.42. The van der Waals surface area contributed by atoms with E-state index in [0.29, 0.717) is 24.4 Å². The topological polar surface area (TPSA) is 75.3 Å². The Bertz CT molecular complexity index is 603. The number of carbonyl (C=O) groups is 1. The zero-order valence-electron chi connectivity index (χ0n) is 14.7. The molecule has 2 saturated carbocycles. The SMILES string of the molecule is O=C(NCc1cccnc1OC1CCCC1)C1NNC2CCCCC21. The van der Waals surface area contributed by atoms with E-state index in [2.05, 4.69) is 21.2 Å². The van der Waals surface area contributed by atoms with Crippen LogP contribution in [-0.2, 0) is 11.3 Å². The van der Waals surface area contributed by atoms with Gasteiger partial charge in [-0.05, 0) is 44.6 Å². The van der Waals surface area contributed by atoms with Crippen LogP contribution in [0.25, 0.3) is 0 Å². The number of hydrogen-bond donors (Lipinski definition) is 3. The molecule has 3 atom stereocenters. The number of ether oxygens (including phenoxy) is 1. The predicted octanol–water partition coefficient (Wildman–Crippen LogP) is 2.05. The van der Waals surface area contributed by atoms with Gasteiger partial charge in [0, 0.05) is 30.3 Å². The lowest BCUT2D eigenvalue weighted by atomic mass is 9.81. The van der Waals surface area contributed by atoms with Crippen LogP contribution in [0.1, 0.15) is 56.9 Å². The second kappa shape index (κ2) is 7.70. The van der Waals surface area contributed by atoms with Crippen LogP contribution in [0.3, 0.4) is 0 Å². The molecule has 0 radical (unpaired) electrons. The van der Waals surface area contributed by atoms with Crippen LogP contribution in [-0.4, -0.2) is 29.1 Å². The Balaban J connectivity index is 1.35. The van der Waals surface area contributed by atoms with Crippen molar-refractivity contribution in [2.24, 2.45) is 5.92 Å². The number of rotatable bonds is 5. The zero-order chi connectivity index (χ0) is 17.1. The van der Waals surface area contributed by atoms with Gasteiger partial charge >= 0.3 is 0 Å². The highest BCUT2D eigenvalue weighted by molar-refractivity contribution is 5.82. The molecule has 0 bridgehead atoms. The first kappa shape index (κ1) is 16.8. The molecule has 3 aliphatic rings. The van der Waals surface area contributed by atoms with Crippen molar-refractivity contribution >= 4 is 5.91 Å². The van der Waals surface area contributed by atoms with Crippen molar-refractivity contribution in [3.63, 3.8) is 0 Å². The van der Waals surface area contributed by atoms with Gasteiger partial charge in [0.25, 0.3) is 0 Å². The number of nitrogens with one attached hydrogen (secondary N) is 3. The van der Waals surface area contributed by atoms with Crippen molar-refractivity contribution in [2.75, 3.05) is 0 Å². The smallest absolute Gasteiger partial charge is 0.239 e. The van der Waals surface area contributed by atoms with Crippen molar-refractivity contribution in [3.8, 4) is 5.88 Å². The molecule has 0 spiro atoms. The number of nitrogens with zero attached hydrogens (tertiary/aromatic N) is 1. The number of pyridine rings is 1. The third-order valence-electron chi connectivity index (χ3n) is 5.84. The molecule has 4 rings (SSSR count). The first-order valence-corrected chi connectivity index (χ1v) is 9.70. The van der Waals surface area contributed by atoms with E-state index in [4.69, 9.17) is 4.74 Å². The normalized spacial score (nSPS) is 29.4. The highest BCUT2D eigenvalue weighted by Gasteiger charge is 2.40. The summed E-state index contributed by atoms with van der Waals surface area (Å²) in [5.74, 6) is 1.14. The van der Waals surface area contributed by atoms with Gasteiger partial charge in [0.15, 0.2) is 0 Å². The Morgan fingerprint density at radius 2 is 1.96 bits per heavy atom. The Labute approximate surface area is 149 Å². The number of aromatic nitrogens is 1. The summed E-state index contributed by atoms with van der Waals surface area (Å²) in [4.78, 5) is 17.0. The maximum Gasteiger partial charge on any atom is 0.239 e. The van der Waals surface area contributed by atoms with Gasteiger partial charge in [-0.3, -0.25) is 10.2 Å². The maximum atomic E-state index is 12.7. The van der Waals surface area contributed by atoms with E-state index in [0.717, 1.165) is 31.2 Å². The molecule has 2 heterocycles. The fraction of sp³-hybridized carbons (Fsp3) is 0.684. The molecular weight excluding hydrogens is 316 g/mol. The maximum absolute atomic E-state index is 12.7. The highest BCUT2D eigenvalue weighted by atomic mass is 16.5. The van der Waals surface area contributed by atoms with E-state index in [1.165, 1.54) is 25.7 Å². The van der Waals surface area contributed by atoms with Gasteiger partial charge < -0.3 is 10.1 Å². The first-order chi connectivity index (χ1) is 12.3. The monoisotopic (exact) mass is 344 g/mol. The lowest BCUT2D eigenvalue weighted by molar-refractivity contribution is -0.124. The van der Waals surface area contributed by atoms with Crippen LogP contribution in [0.5, 0.6) is 5.88 Å². The van der Waals surface area contributed by atoms with Crippen LogP contribution < -0.4 is 20.9 Å².